The number of hydrogen-bond acceptors (Lipinski definition) is 2. The molecule has 124 valence electrons. The highest BCUT2D eigenvalue weighted by atomic mass is 35.5. The van der Waals surface area contributed by atoms with E-state index in [2.05, 4.69) is 10.6 Å². The molecule has 0 saturated heterocycles. The Morgan fingerprint density at radius 3 is 2.33 bits per heavy atom. The van der Waals surface area contributed by atoms with Crippen LogP contribution in [0.4, 0.5) is 10.1 Å². The second-order valence-electron chi connectivity index (χ2n) is 5.82. The van der Waals surface area contributed by atoms with E-state index in [1.54, 1.807) is 6.07 Å². The molecule has 4 nitrogen and oxygen atoms in total. The van der Waals surface area contributed by atoms with Crippen molar-refractivity contribution in [1.82, 2.24) is 5.32 Å². The lowest BCUT2D eigenvalue weighted by Gasteiger charge is -2.16. The minimum Gasteiger partial charge on any atom is -0.351 e. The van der Waals surface area contributed by atoms with Crippen LogP contribution in [0.15, 0.2) is 48.5 Å². The van der Waals surface area contributed by atoms with Gasteiger partial charge in [-0.05, 0) is 48.7 Å². The first-order chi connectivity index (χ1) is 11.5. The zero-order valence-corrected chi connectivity index (χ0v) is 13.6. The highest BCUT2D eigenvalue weighted by molar-refractivity contribution is 6.31. The van der Waals surface area contributed by atoms with Crippen LogP contribution in [0.5, 0.6) is 0 Å². The first kappa shape index (κ1) is 16.5. The fourth-order valence-corrected chi connectivity index (χ4v) is 2.66. The van der Waals surface area contributed by atoms with Crippen molar-refractivity contribution in [2.24, 2.45) is 5.41 Å². The molecule has 24 heavy (non-hydrogen) atoms. The fraction of sp³-hybridized carbons (Fsp3) is 0.222. The van der Waals surface area contributed by atoms with Gasteiger partial charge in [0.05, 0.1) is 0 Å². The normalized spacial score (nSPS) is 14.8. The molecule has 0 radical (unpaired) electrons. The molecule has 0 bridgehead atoms. The van der Waals surface area contributed by atoms with E-state index in [4.69, 9.17) is 11.6 Å². The van der Waals surface area contributed by atoms with Gasteiger partial charge >= 0.3 is 0 Å². The van der Waals surface area contributed by atoms with Gasteiger partial charge in [0.15, 0.2) is 0 Å². The third kappa shape index (κ3) is 3.41. The number of carbonyl (C=O) groups is 2. The average molecular weight is 347 g/mol. The quantitative estimate of drug-likeness (QED) is 0.814. The molecule has 1 saturated carbocycles. The van der Waals surface area contributed by atoms with Crippen molar-refractivity contribution in [2.75, 3.05) is 5.32 Å². The van der Waals surface area contributed by atoms with Crippen LogP contribution in [0.3, 0.4) is 0 Å². The van der Waals surface area contributed by atoms with Crippen LogP contribution in [-0.4, -0.2) is 11.8 Å². The molecule has 1 aliphatic carbocycles. The minimum atomic E-state index is -1.05. The summed E-state index contributed by atoms with van der Waals surface area (Å²) < 4.78 is 12.9. The maximum atomic E-state index is 12.9. The molecule has 3 rings (SSSR count). The number of halogens is 2. The summed E-state index contributed by atoms with van der Waals surface area (Å²) in [7, 11) is 0. The maximum Gasteiger partial charge on any atom is 0.240 e. The summed E-state index contributed by atoms with van der Waals surface area (Å²) in [4.78, 5) is 24.8. The van der Waals surface area contributed by atoms with Crippen LogP contribution in [0.1, 0.15) is 18.4 Å². The zero-order chi connectivity index (χ0) is 17.2. The molecule has 0 aliphatic heterocycles. The van der Waals surface area contributed by atoms with E-state index in [9.17, 15) is 14.0 Å². The Hall–Kier alpha value is -2.40. The number of nitrogens with one attached hydrogen (secondary N) is 2. The third-order valence-electron chi connectivity index (χ3n) is 4.12. The van der Waals surface area contributed by atoms with Gasteiger partial charge in [-0.1, -0.05) is 29.8 Å². The van der Waals surface area contributed by atoms with Crippen LogP contribution in [0, 0.1) is 11.2 Å². The molecule has 6 heteroatoms. The molecule has 0 aromatic heterocycles. The van der Waals surface area contributed by atoms with Crippen LogP contribution >= 0.6 is 11.6 Å². The Morgan fingerprint density at radius 1 is 1.04 bits per heavy atom. The second-order valence-corrected chi connectivity index (χ2v) is 6.22. The summed E-state index contributed by atoms with van der Waals surface area (Å²) in [6.07, 6.45) is 0.989. The molecule has 1 aliphatic rings. The van der Waals surface area contributed by atoms with Crippen LogP contribution in [0.25, 0.3) is 0 Å². The van der Waals surface area contributed by atoms with Gasteiger partial charge in [-0.2, -0.15) is 0 Å². The number of carbonyl (C=O) groups excluding carboxylic acids is 2. The van der Waals surface area contributed by atoms with E-state index in [-0.39, 0.29) is 24.2 Å². The molecule has 0 unspecified atom stereocenters. The van der Waals surface area contributed by atoms with E-state index >= 15 is 0 Å². The van der Waals surface area contributed by atoms with Crippen molar-refractivity contribution in [1.29, 1.82) is 0 Å². The third-order valence-corrected chi connectivity index (χ3v) is 4.49. The molecule has 2 aromatic rings. The molecule has 2 amide bonds. The van der Waals surface area contributed by atoms with Gasteiger partial charge in [0, 0.05) is 17.3 Å². The molecule has 0 atom stereocenters. The Kier molecular flexibility index (Phi) is 4.53. The summed E-state index contributed by atoms with van der Waals surface area (Å²) in [5, 5.41) is 6.01. The van der Waals surface area contributed by atoms with E-state index in [1.165, 1.54) is 24.3 Å². The molecule has 1 fully saturated rings. The maximum absolute atomic E-state index is 12.9. The molecule has 0 spiro atoms. The topological polar surface area (TPSA) is 58.2 Å². The Labute approximate surface area is 144 Å². The first-order valence-corrected chi connectivity index (χ1v) is 7.98. The second kappa shape index (κ2) is 6.61. The molecular formula is C18H16ClFN2O2. The predicted octanol–water partition coefficient (Wildman–Crippen LogP) is 3.51. The Bertz CT molecular complexity index is 773. The van der Waals surface area contributed by atoms with Gasteiger partial charge in [-0.15, -0.1) is 0 Å². The van der Waals surface area contributed by atoms with Crippen molar-refractivity contribution < 1.29 is 14.0 Å². The summed E-state index contributed by atoms with van der Waals surface area (Å²) in [6, 6.07) is 12.7. The fourth-order valence-electron chi connectivity index (χ4n) is 2.45. The number of anilines is 1. The largest absolute Gasteiger partial charge is 0.351 e. The molecular weight excluding hydrogens is 331 g/mol. The number of amides is 2. The monoisotopic (exact) mass is 346 g/mol. The van der Waals surface area contributed by atoms with Crippen LogP contribution < -0.4 is 10.6 Å². The number of benzene rings is 2. The van der Waals surface area contributed by atoms with E-state index in [1.807, 2.05) is 18.2 Å². The summed E-state index contributed by atoms with van der Waals surface area (Å²) in [6.45, 7) is 0.268. The molecule has 2 aromatic carbocycles. The smallest absolute Gasteiger partial charge is 0.240 e. The van der Waals surface area contributed by atoms with Gasteiger partial charge < -0.3 is 10.6 Å². The Balaban J connectivity index is 1.62. The van der Waals surface area contributed by atoms with Crippen LogP contribution in [-0.2, 0) is 16.1 Å². The van der Waals surface area contributed by atoms with Crippen molar-refractivity contribution in [2.45, 2.75) is 19.4 Å². The van der Waals surface area contributed by atoms with Gasteiger partial charge in [0.1, 0.15) is 11.2 Å². The van der Waals surface area contributed by atoms with E-state index in [0.29, 0.717) is 23.6 Å². The highest BCUT2D eigenvalue weighted by Gasteiger charge is 2.56. The highest BCUT2D eigenvalue weighted by Crippen LogP contribution is 2.47. The standard InChI is InChI=1S/C18H16ClFN2O2/c19-15-4-2-1-3-12(15)11-21-16(23)18(9-10-18)17(24)22-14-7-5-13(20)6-8-14/h1-8H,9-11H2,(H,21,23)(H,22,24). The molecule has 2 N–H and O–H groups in total. The van der Waals surface area contributed by atoms with E-state index in [0.717, 1.165) is 5.56 Å². The summed E-state index contributed by atoms with van der Waals surface area (Å²) in [5.74, 6) is -1.07. The lowest BCUT2D eigenvalue weighted by molar-refractivity contribution is -0.134. The molecule has 0 heterocycles. The van der Waals surface area contributed by atoms with Gasteiger partial charge in [0.2, 0.25) is 11.8 Å². The lowest BCUT2D eigenvalue weighted by atomic mass is 10.0. The van der Waals surface area contributed by atoms with E-state index < -0.39 is 5.41 Å². The lowest BCUT2D eigenvalue weighted by Crippen LogP contribution is -2.39. The van der Waals surface area contributed by atoms with Crippen LogP contribution in [0.2, 0.25) is 5.02 Å². The minimum absolute atomic E-state index is 0.268. The summed E-state index contributed by atoms with van der Waals surface area (Å²) >= 11 is 6.06. The van der Waals surface area contributed by atoms with Crippen molar-refractivity contribution in [3.63, 3.8) is 0 Å². The average Bonchev–Trinajstić information content (AvgIpc) is 3.38. The summed E-state index contributed by atoms with van der Waals surface area (Å²) in [5.41, 5.74) is 0.212. The van der Waals surface area contributed by atoms with Crippen molar-refractivity contribution >= 4 is 29.1 Å². The first-order valence-electron chi connectivity index (χ1n) is 7.60. The van der Waals surface area contributed by atoms with Gasteiger partial charge in [0.25, 0.3) is 0 Å². The van der Waals surface area contributed by atoms with Gasteiger partial charge in [-0.25, -0.2) is 4.39 Å². The van der Waals surface area contributed by atoms with Crippen molar-refractivity contribution in [3.8, 4) is 0 Å². The SMILES string of the molecule is O=C(NCc1ccccc1Cl)C1(C(=O)Nc2ccc(F)cc2)CC1. The van der Waals surface area contributed by atoms with Gasteiger partial charge in [-0.3, -0.25) is 9.59 Å². The predicted molar refractivity (Wildman–Crippen MR) is 90.0 cm³/mol. The zero-order valence-electron chi connectivity index (χ0n) is 12.8. The van der Waals surface area contributed by atoms with Crippen molar-refractivity contribution in [3.05, 3.63) is 64.9 Å². The number of hydrogen-bond donors (Lipinski definition) is 2. The Morgan fingerprint density at radius 2 is 1.71 bits per heavy atom. The number of rotatable bonds is 5.